The van der Waals surface area contributed by atoms with Crippen LogP contribution in [0.5, 0.6) is 17.2 Å². The Labute approximate surface area is 136 Å². The molecule has 5 nitrogen and oxygen atoms in total. The first-order valence-corrected chi connectivity index (χ1v) is 7.25. The normalized spacial score (nSPS) is 11.7. The van der Waals surface area contributed by atoms with Gasteiger partial charge in [0.05, 0.1) is 25.5 Å². The van der Waals surface area contributed by atoms with Crippen LogP contribution in [0.25, 0.3) is 0 Å². The largest absolute Gasteiger partial charge is 0.497 e. The molecule has 0 saturated carbocycles. The zero-order valence-corrected chi connectivity index (χ0v) is 13.8. The summed E-state index contributed by atoms with van der Waals surface area (Å²) in [5.41, 5.74) is 7.90. The third-order valence-corrected chi connectivity index (χ3v) is 3.51. The highest BCUT2D eigenvalue weighted by atomic mass is 16.5. The fourth-order valence-electron chi connectivity index (χ4n) is 2.24. The van der Waals surface area contributed by atoms with Crippen molar-refractivity contribution in [2.24, 2.45) is 0 Å². The summed E-state index contributed by atoms with van der Waals surface area (Å²) in [4.78, 5) is 12.6. The monoisotopic (exact) mass is 315 g/mol. The van der Waals surface area contributed by atoms with E-state index in [1.807, 2.05) is 13.0 Å². The number of carbonyl (C=O) groups excluding carboxylic acids is 1. The molecule has 23 heavy (non-hydrogen) atoms. The van der Waals surface area contributed by atoms with Crippen LogP contribution in [0.3, 0.4) is 0 Å². The van der Waals surface area contributed by atoms with Crippen molar-refractivity contribution in [3.8, 4) is 17.2 Å². The molecule has 1 atom stereocenters. The molecule has 0 spiro atoms. The Balaban J connectivity index is 2.22. The molecule has 1 unspecified atom stereocenters. The van der Waals surface area contributed by atoms with Crippen LogP contribution in [0.2, 0.25) is 0 Å². The molecule has 122 valence electrons. The summed E-state index contributed by atoms with van der Waals surface area (Å²) in [5.74, 6) is 1.37. The number of nitrogens with two attached hydrogens (primary N) is 1. The highest BCUT2D eigenvalue weighted by Crippen LogP contribution is 2.28. The van der Waals surface area contributed by atoms with Crippen LogP contribution in [0.4, 0.5) is 5.69 Å². The first-order chi connectivity index (χ1) is 11.0. The Morgan fingerprint density at radius 1 is 1.04 bits per heavy atom. The number of ketones is 1. The quantitative estimate of drug-likeness (QED) is 0.654. The van der Waals surface area contributed by atoms with E-state index in [1.54, 1.807) is 44.4 Å². The van der Waals surface area contributed by atoms with E-state index in [9.17, 15) is 4.79 Å². The van der Waals surface area contributed by atoms with E-state index in [2.05, 4.69) is 0 Å². The van der Waals surface area contributed by atoms with E-state index in [1.165, 1.54) is 7.11 Å². The van der Waals surface area contributed by atoms with Crippen LogP contribution in [0, 0.1) is 6.92 Å². The third kappa shape index (κ3) is 3.74. The standard InChI is InChI=1S/C18H21NO4/c1-11-5-8-16(15(19)9-11)23-12(2)18(20)14-7-6-13(21-3)10-17(14)22-4/h5-10,12H,19H2,1-4H3. The molecule has 0 amide bonds. The van der Waals surface area contributed by atoms with Crippen molar-refractivity contribution < 1.29 is 19.0 Å². The Hall–Kier alpha value is -2.69. The minimum absolute atomic E-state index is 0.190. The summed E-state index contributed by atoms with van der Waals surface area (Å²) in [7, 11) is 3.07. The number of aryl methyl sites for hydroxylation is 1. The Morgan fingerprint density at radius 2 is 1.78 bits per heavy atom. The van der Waals surface area contributed by atoms with Gasteiger partial charge in [0.2, 0.25) is 5.78 Å². The highest BCUT2D eigenvalue weighted by molar-refractivity contribution is 6.02. The molecule has 0 aliphatic heterocycles. The number of rotatable bonds is 6. The summed E-state index contributed by atoms with van der Waals surface area (Å²) >= 11 is 0. The van der Waals surface area contributed by atoms with Gasteiger partial charge in [-0.3, -0.25) is 4.79 Å². The second-order valence-corrected chi connectivity index (χ2v) is 5.23. The van der Waals surface area contributed by atoms with E-state index in [0.29, 0.717) is 28.5 Å². The first kappa shape index (κ1) is 16.7. The molecule has 0 aliphatic carbocycles. The summed E-state index contributed by atoms with van der Waals surface area (Å²) in [5, 5.41) is 0. The van der Waals surface area contributed by atoms with Crippen LogP contribution >= 0.6 is 0 Å². The summed E-state index contributed by atoms with van der Waals surface area (Å²) in [6.07, 6.45) is -0.692. The number of nitrogen functional groups attached to an aromatic ring is 1. The second kappa shape index (κ2) is 7.05. The van der Waals surface area contributed by atoms with Gasteiger partial charge in [-0.1, -0.05) is 6.07 Å². The van der Waals surface area contributed by atoms with Crippen LogP contribution in [-0.4, -0.2) is 26.1 Å². The molecular weight excluding hydrogens is 294 g/mol. The molecule has 0 saturated heterocycles. The van der Waals surface area contributed by atoms with Gasteiger partial charge in [0.1, 0.15) is 17.2 Å². The van der Waals surface area contributed by atoms with Crippen LogP contribution in [-0.2, 0) is 0 Å². The lowest BCUT2D eigenvalue weighted by molar-refractivity contribution is 0.0816. The topological polar surface area (TPSA) is 70.8 Å². The minimum atomic E-state index is -0.692. The lowest BCUT2D eigenvalue weighted by atomic mass is 10.1. The summed E-state index contributed by atoms with van der Waals surface area (Å²) < 4.78 is 16.1. The Morgan fingerprint density at radius 3 is 2.39 bits per heavy atom. The summed E-state index contributed by atoms with van der Waals surface area (Å²) in [6, 6.07) is 10.5. The van der Waals surface area contributed by atoms with Gasteiger partial charge in [-0.25, -0.2) is 0 Å². The number of methoxy groups -OCH3 is 2. The molecule has 2 rings (SSSR count). The maximum atomic E-state index is 12.6. The van der Waals surface area contributed by atoms with Crippen molar-refractivity contribution >= 4 is 11.5 Å². The van der Waals surface area contributed by atoms with E-state index >= 15 is 0 Å². The number of ether oxygens (including phenoxy) is 3. The zero-order valence-electron chi connectivity index (χ0n) is 13.8. The average molecular weight is 315 g/mol. The second-order valence-electron chi connectivity index (χ2n) is 5.23. The number of anilines is 1. The lowest BCUT2D eigenvalue weighted by Gasteiger charge is -2.17. The maximum Gasteiger partial charge on any atom is 0.206 e. The molecule has 2 N–H and O–H groups in total. The van der Waals surface area contributed by atoms with Gasteiger partial charge in [0.15, 0.2) is 6.10 Å². The van der Waals surface area contributed by atoms with E-state index in [4.69, 9.17) is 19.9 Å². The molecule has 0 fully saturated rings. The number of hydrogen-bond donors (Lipinski definition) is 1. The van der Waals surface area contributed by atoms with Crippen molar-refractivity contribution in [3.63, 3.8) is 0 Å². The highest BCUT2D eigenvalue weighted by Gasteiger charge is 2.22. The predicted octanol–water partition coefficient (Wildman–Crippen LogP) is 3.24. The smallest absolute Gasteiger partial charge is 0.206 e. The molecule has 0 bridgehead atoms. The summed E-state index contributed by atoms with van der Waals surface area (Å²) in [6.45, 7) is 3.63. The van der Waals surface area contributed by atoms with Gasteiger partial charge in [-0.05, 0) is 43.7 Å². The fraction of sp³-hybridized carbons (Fsp3) is 0.278. The third-order valence-electron chi connectivity index (χ3n) is 3.51. The maximum absolute atomic E-state index is 12.6. The predicted molar refractivity (Wildman–Crippen MR) is 89.6 cm³/mol. The van der Waals surface area contributed by atoms with E-state index < -0.39 is 6.10 Å². The van der Waals surface area contributed by atoms with Crippen molar-refractivity contribution in [1.29, 1.82) is 0 Å². The molecule has 0 aliphatic rings. The van der Waals surface area contributed by atoms with Gasteiger partial charge in [0.25, 0.3) is 0 Å². The van der Waals surface area contributed by atoms with Crippen LogP contribution in [0.15, 0.2) is 36.4 Å². The van der Waals surface area contributed by atoms with E-state index in [-0.39, 0.29) is 5.78 Å². The Bertz CT molecular complexity index is 712. The zero-order chi connectivity index (χ0) is 17.0. The lowest BCUT2D eigenvalue weighted by Crippen LogP contribution is -2.24. The molecule has 0 radical (unpaired) electrons. The van der Waals surface area contributed by atoms with Gasteiger partial charge in [0, 0.05) is 6.07 Å². The van der Waals surface area contributed by atoms with Crippen LogP contribution in [0.1, 0.15) is 22.8 Å². The number of benzene rings is 2. The fourth-order valence-corrected chi connectivity index (χ4v) is 2.24. The van der Waals surface area contributed by atoms with Crippen molar-refractivity contribution in [3.05, 3.63) is 47.5 Å². The minimum Gasteiger partial charge on any atom is -0.497 e. The van der Waals surface area contributed by atoms with Crippen LogP contribution < -0.4 is 19.9 Å². The van der Waals surface area contributed by atoms with Gasteiger partial charge >= 0.3 is 0 Å². The molecule has 2 aromatic rings. The number of carbonyl (C=O) groups is 1. The molecule has 0 heterocycles. The number of Topliss-reactive ketones (excluding diaryl/α,β-unsaturated/α-hetero) is 1. The Kier molecular flexibility index (Phi) is 5.11. The first-order valence-electron chi connectivity index (χ1n) is 7.25. The van der Waals surface area contributed by atoms with Gasteiger partial charge in [-0.15, -0.1) is 0 Å². The van der Waals surface area contributed by atoms with Gasteiger partial charge < -0.3 is 19.9 Å². The van der Waals surface area contributed by atoms with Crippen molar-refractivity contribution in [2.75, 3.05) is 20.0 Å². The van der Waals surface area contributed by atoms with Crippen molar-refractivity contribution in [2.45, 2.75) is 20.0 Å². The van der Waals surface area contributed by atoms with E-state index in [0.717, 1.165) is 5.56 Å². The molecular formula is C18H21NO4. The van der Waals surface area contributed by atoms with Crippen molar-refractivity contribution in [1.82, 2.24) is 0 Å². The average Bonchev–Trinajstić information content (AvgIpc) is 2.55. The number of hydrogen-bond acceptors (Lipinski definition) is 5. The molecule has 2 aromatic carbocycles. The SMILES string of the molecule is COc1ccc(C(=O)C(C)Oc2ccc(C)cc2N)c(OC)c1. The molecule has 0 aromatic heterocycles. The molecule has 5 heteroatoms. The van der Waals surface area contributed by atoms with Gasteiger partial charge in [-0.2, -0.15) is 0 Å².